The maximum absolute atomic E-state index is 13.7. The fraction of sp³-hybridized carbons (Fsp3) is 0.944. The van der Waals surface area contributed by atoms with E-state index in [1.54, 1.807) is 39.6 Å². The maximum atomic E-state index is 13.7. The highest BCUT2D eigenvalue weighted by atomic mass is 16.7. The Hall–Kier alpha value is -1.42. The molecule has 2 amide bonds. The lowest BCUT2D eigenvalue weighted by molar-refractivity contribution is -0.300. The van der Waals surface area contributed by atoms with Crippen molar-refractivity contribution < 1.29 is 48.6 Å². The molecule has 4 N–H and O–H groups in total. The largest absolute Gasteiger partial charge is 0.390 e. The fourth-order valence-corrected chi connectivity index (χ4v) is 8.03. The van der Waals surface area contributed by atoms with E-state index in [0.29, 0.717) is 19.4 Å². The number of nitrogens with one attached hydrogen (secondary N) is 1. The van der Waals surface area contributed by atoms with Gasteiger partial charge in [0.15, 0.2) is 12.6 Å². The zero-order chi connectivity index (χ0) is 37.0. The average molecular weight is 702 g/mol. The Labute approximate surface area is 294 Å². The summed E-state index contributed by atoms with van der Waals surface area (Å²) in [6, 6.07) is 0.0215. The van der Waals surface area contributed by atoms with Gasteiger partial charge in [-0.2, -0.15) is 0 Å². The second-order valence-corrected chi connectivity index (χ2v) is 16.0. The first-order chi connectivity index (χ1) is 22.7. The zero-order valence-electron chi connectivity index (χ0n) is 32.0. The van der Waals surface area contributed by atoms with Crippen LogP contribution in [0.3, 0.4) is 0 Å². The van der Waals surface area contributed by atoms with Crippen molar-refractivity contribution in [2.45, 2.75) is 154 Å². The van der Waals surface area contributed by atoms with Gasteiger partial charge in [-0.1, -0.05) is 20.8 Å². The van der Waals surface area contributed by atoms with Crippen LogP contribution in [0.4, 0.5) is 0 Å². The normalized spacial score (nSPS) is 43.8. The van der Waals surface area contributed by atoms with Crippen molar-refractivity contribution in [3.63, 3.8) is 0 Å². The first-order valence-corrected chi connectivity index (χ1v) is 18.2. The van der Waals surface area contributed by atoms with Gasteiger partial charge in [-0.25, -0.2) is 0 Å². The second kappa shape index (κ2) is 17.4. The first kappa shape index (κ1) is 42.0. The van der Waals surface area contributed by atoms with E-state index in [9.17, 15) is 24.9 Å². The van der Waals surface area contributed by atoms with E-state index in [2.05, 4.69) is 24.1 Å². The molecule has 3 aliphatic heterocycles. The van der Waals surface area contributed by atoms with Crippen LogP contribution in [0, 0.1) is 23.7 Å². The Balaban J connectivity index is 2.01. The van der Waals surface area contributed by atoms with Gasteiger partial charge < -0.3 is 49.2 Å². The van der Waals surface area contributed by atoms with Crippen LogP contribution in [0.25, 0.3) is 0 Å². The molecule has 0 spiro atoms. The number of ether oxygens (including phenoxy) is 5. The number of methoxy groups -OCH3 is 1. The molecule has 0 saturated carbocycles. The maximum Gasteiger partial charge on any atom is 0.225 e. The SMILES string of the molecule is CO[C@]1(C)C[C@H](O[C@H]2[C@H](C)[C@@H](CO[C@@H]3O[C@H](C)C[C@H](N(C)C(C)C)[C@H]3O)[C@](C)(O)C[C@@H](C)CN(C)C(=O)CCNC(=O)[C@@H]2C)O[C@@H](C)[C@@H]1O. The lowest BCUT2D eigenvalue weighted by Gasteiger charge is -2.48. The van der Waals surface area contributed by atoms with Crippen molar-refractivity contribution in [3.05, 3.63) is 0 Å². The number of nitrogens with zero attached hydrogens (tertiary/aromatic N) is 2. The Morgan fingerprint density at radius 3 is 2.35 bits per heavy atom. The highest BCUT2D eigenvalue weighted by molar-refractivity contribution is 5.80. The molecule has 286 valence electrons. The van der Waals surface area contributed by atoms with Crippen LogP contribution in [0.15, 0.2) is 0 Å². The molecule has 0 radical (unpaired) electrons. The summed E-state index contributed by atoms with van der Waals surface area (Å²) in [6.45, 7) is 17.8. The topological polar surface area (TPSA) is 159 Å². The van der Waals surface area contributed by atoms with Gasteiger partial charge in [-0.15, -0.1) is 0 Å². The third-order valence-corrected chi connectivity index (χ3v) is 11.4. The van der Waals surface area contributed by atoms with Crippen molar-refractivity contribution in [2.75, 3.05) is 40.9 Å². The van der Waals surface area contributed by atoms with Gasteiger partial charge in [0.05, 0.1) is 42.0 Å². The molecule has 0 aromatic carbocycles. The quantitative estimate of drug-likeness (QED) is 0.294. The van der Waals surface area contributed by atoms with Crippen LogP contribution in [0.5, 0.6) is 0 Å². The number of carbonyl (C=O) groups is 2. The number of rotatable bonds is 8. The first-order valence-electron chi connectivity index (χ1n) is 18.2. The summed E-state index contributed by atoms with van der Waals surface area (Å²) in [7, 11) is 5.26. The number of hydrogen-bond acceptors (Lipinski definition) is 11. The summed E-state index contributed by atoms with van der Waals surface area (Å²) in [5.41, 5.74) is -2.29. The summed E-state index contributed by atoms with van der Waals surface area (Å²) in [5, 5.41) is 37.5. The summed E-state index contributed by atoms with van der Waals surface area (Å²) < 4.78 is 31.1. The minimum atomic E-state index is -1.35. The highest BCUT2D eigenvalue weighted by Gasteiger charge is 2.49. The zero-order valence-corrected chi connectivity index (χ0v) is 32.0. The minimum Gasteiger partial charge on any atom is -0.390 e. The van der Waals surface area contributed by atoms with E-state index < -0.39 is 66.0 Å². The lowest BCUT2D eigenvalue weighted by Crippen LogP contribution is -2.58. The molecule has 13 heteroatoms. The van der Waals surface area contributed by atoms with Crippen LogP contribution in [0.2, 0.25) is 0 Å². The summed E-state index contributed by atoms with van der Waals surface area (Å²) in [6.07, 6.45) is -3.75. The lowest BCUT2D eigenvalue weighted by atomic mass is 9.72. The van der Waals surface area contributed by atoms with Gasteiger partial charge in [0, 0.05) is 58.1 Å². The smallest absolute Gasteiger partial charge is 0.225 e. The van der Waals surface area contributed by atoms with Crippen LogP contribution >= 0.6 is 0 Å². The van der Waals surface area contributed by atoms with Crippen LogP contribution < -0.4 is 5.32 Å². The van der Waals surface area contributed by atoms with Gasteiger partial charge in [-0.3, -0.25) is 14.5 Å². The molecule has 13 nitrogen and oxygen atoms in total. The number of amides is 2. The van der Waals surface area contributed by atoms with Crippen LogP contribution in [-0.4, -0.2) is 144 Å². The number of carbonyl (C=O) groups excluding carboxylic acids is 2. The van der Waals surface area contributed by atoms with E-state index >= 15 is 0 Å². The van der Waals surface area contributed by atoms with Crippen LogP contribution in [-0.2, 0) is 33.3 Å². The summed E-state index contributed by atoms with van der Waals surface area (Å²) >= 11 is 0. The van der Waals surface area contributed by atoms with E-state index in [1.165, 1.54) is 7.11 Å². The molecule has 0 aromatic rings. The predicted octanol–water partition coefficient (Wildman–Crippen LogP) is 2.14. The van der Waals surface area contributed by atoms with E-state index in [1.807, 2.05) is 27.8 Å². The van der Waals surface area contributed by atoms with E-state index in [-0.39, 0.29) is 61.9 Å². The molecule has 3 fully saturated rings. The molecule has 3 heterocycles. The summed E-state index contributed by atoms with van der Waals surface area (Å²) in [5.74, 6) is -2.26. The molecule has 3 aliphatic rings. The van der Waals surface area contributed by atoms with Gasteiger partial charge in [0.25, 0.3) is 0 Å². The van der Waals surface area contributed by atoms with Gasteiger partial charge in [0.2, 0.25) is 11.8 Å². The van der Waals surface area contributed by atoms with Crippen molar-refractivity contribution in [2.24, 2.45) is 23.7 Å². The standard InChI is InChI=1S/C36H67N3O10/c1-20(2)39(11)27-15-22(4)47-34(30(27)41)46-19-26-23(5)31(49-29-17-36(9,45-12)32(42)25(7)48-29)24(6)33(43)37-14-13-28(40)38(10)18-21(3)16-35(26,8)44/h20-27,29-32,34,41-42,44H,13-19H2,1-12H3,(H,37,43)/t21-,22-,23-,24-,25+,26-,27+,29+,30-,31+,32+,34-,35-,36-/m1/s1. The van der Waals surface area contributed by atoms with Crippen molar-refractivity contribution >= 4 is 11.8 Å². The molecule has 14 atom stereocenters. The number of hydrogen-bond donors (Lipinski definition) is 4. The molecular formula is C36H67N3O10. The van der Waals surface area contributed by atoms with Crippen molar-refractivity contribution in [1.29, 1.82) is 0 Å². The molecule has 0 aliphatic carbocycles. The van der Waals surface area contributed by atoms with E-state index in [4.69, 9.17) is 23.7 Å². The molecule has 3 rings (SSSR count). The fourth-order valence-electron chi connectivity index (χ4n) is 8.03. The third kappa shape index (κ3) is 10.3. The van der Waals surface area contributed by atoms with Crippen molar-refractivity contribution in [1.82, 2.24) is 15.1 Å². The third-order valence-electron chi connectivity index (χ3n) is 11.4. The average Bonchev–Trinajstić information content (AvgIpc) is 3.01. The van der Waals surface area contributed by atoms with Gasteiger partial charge in [-0.05, 0) is 73.3 Å². The Bertz CT molecular complexity index is 1080. The monoisotopic (exact) mass is 701 g/mol. The Kier molecular flexibility index (Phi) is 14.9. The van der Waals surface area contributed by atoms with Crippen LogP contribution in [0.1, 0.15) is 88.0 Å². The highest BCUT2D eigenvalue weighted by Crippen LogP contribution is 2.40. The molecule has 0 unspecified atom stereocenters. The molecule has 0 bridgehead atoms. The molecular weight excluding hydrogens is 634 g/mol. The minimum absolute atomic E-state index is 0.00679. The van der Waals surface area contributed by atoms with E-state index in [0.717, 1.165) is 0 Å². The second-order valence-electron chi connectivity index (χ2n) is 16.0. The molecule has 49 heavy (non-hydrogen) atoms. The Morgan fingerprint density at radius 2 is 1.73 bits per heavy atom. The van der Waals surface area contributed by atoms with Gasteiger partial charge in [0.1, 0.15) is 12.2 Å². The van der Waals surface area contributed by atoms with Gasteiger partial charge >= 0.3 is 0 Å². The number of aliphatic hydroxyl groups is 3. The Morgan fingerprint density at radius 1 is 1.08 bits per heavy atom. The molecule has 3 saturated heterocycles. The predicted molar refractivity (Wildman–Crippen MR) is 184 cm³/mol. The molecule has 0 aromatic heterocycles. The summed E-state index contributed by atoms with van der Waals surface area (Å²) in [4.78, 5) is 30.3. The van der Waals surface area contributed by atoms with Crippen molar-refractivity contribution in [3.8, 4) is 0 Å². The number of likely N-dealkylation sites (N-methyl/N-ethyl adjacent to an activating group) is 1. The number of aliphatic hydroxyl groups excluding tert-OH is 2.